The van der Waals surface area contributed by atoms with Gasteiger partial charge in [0.25, 0.3) is 5.56 Å². The van der Waals surface area contributed by atoms with Crippen LogP contribution in [-0.2, 0) is 6.42 Å². The molecular formula is C20H26N6O. The van der Waals surface area contributed by atoms with E-state index in [4.69, 9.17) is 10.1 Å². The van der Waals surface area contributed by atoms with Gasteiger partial charge in [0, 0.05) is 42.4 Å². The number of aryl methyl sites for hydroxylation is 4. The van der Waals surface area contributed by atoms with Crippen LogP contribution >= 0.6 is 0 Å². The molecule has 7 nitrogen and oxygen atoms in total. The number of fused-ring (bicyclic) bond motifs is 1. The molecule has 0 saturated carbocycles. The quantitative estimate of drug-likeness (QED) is 0.771. The van der Waals surface area contributed by atoms with Crippen molar-refractivity contribution >= 4 is 11.5 Å². The summed E-state index contributed by atoms with van der Waals surface area (Å²) in [5.74, 6) is 2.00. The Hall–Kier alpha value is -2.70. The number of aromatic nitrogens is 5. The van der Waals surface area contributed by atoms with Crippen LogP contribution < -0.4 is 10.5 Å². The highest BCUT2D eigenvalue weighted by molar-refractivity contribution is 5.57. The summed E-state index contributed by atoms with van der Waals surface area (Å²) in [6.07, 6.45) is 2.99. The van der Waals surface area contributed by atoms with Gasteiger partial charge in [-0.1, -0.05) is 6.92 Å². The molecule has 0 amide bonds. The fourth-order valence-electron chi connectivity index (χ4n) is 3.91. The number of piperidine rings is 1. The molecule has 1 aliphatic rings. The van der Waals surface area contributed by atoms with Gasteiger partial charge in [-0.25, -0.2) is 9.97 Å². The van der Waals surface area contributed by atoms with Gasteiger partial charge < -0.3 is 9.88 Å². The van der Waals surface area contributed by atoms with Crippen molar-refractivity contribution in [3.63, 3.8) is 0 Å². The average molecular weight is 366 g/mol. The van der Waals surface area contributed by atoms with Gasteiger partial charge in [-0.3, -0.25) is 4.79 Å². The van der Waals surface area contributed by atoms with E-state index in [0.717, 1.165) is 66.5 Å². The first-order valence-electron chi connectivity index (χ1n) is 9.65. The summed E-state index contributed by atoms with van der Waals surface area (Å²) in [6.45, 7) is 9.87. The zero-order valence-corrected chi connectivity index (χ0v) is 16.4. The number of nitrogens with one attached hydrogen (secondary N) is 1. The molecule has 0 radical (unpaired) electrons. The predicted octanol–water partition coefficient (Wildman–Crippen LogP) is 2.68. The Labute approximate surface area is 158 Å². The third kappa shape index (κ3) is 3.22. The molecule has 1 saturated heterocycles. The van der Waals surface area contributed by atoms with Gasteiger partial charge in [0.1, 0.15) is 11.6 Å². The summed E-state index contributed by atoms with van der Waals surface area (Å²) in [5, 5.41) is 4.73. The SMILES string of the molecule is CCc1cc(N2CCCC(c3cc(=O)[nH]c(C)n3)C2)n2nc(C)c(C)c2n1. The van der Waals surface area contributed by atoms with E-state index >= 15 is 0 Å². The molecule has 1 atom stereocenters. The first kappa shape index (κ1) is 17.7. The highest BCUT2D eigenvalue weighted by Gasteiger charge is 2.26. The molecule has 0 spiro atoms. The monoisotopic (exact) mass is 366 g/mol. The Morgan fingerprint density at radius 1 is 1.22 bits per heavy atom. The molecule has 7 heteroatoms. The van der Waals surface area contributed by atoms with Crippen LogP contribution in [0.1, 0.15) is 54.2 Å². The highest BCUT2D eigenvalue weighted by Crippen LogP contribution is 2.30. The number of rotatable bonds is 3. The lowest BCUT2D eigenvalue weighted by atomic mass is 9.94. The molecule has 4 heterocycles. The molecule has 27 heavy (non-hydrogen) atoms. The maximum atomic E-state index is 11.9. The normalized spacial score (nSPS) is 17.6. The second-order valence-electron chi connectivity index (χ2n) is 7.45. The van der Waals surface area contributed by atoms with Crippen molar-refractivity contribution in [2.45, 2.75) is 52.9 Å². The number of anilines is 1. The molecule has 4 rings (SSSR count). The van der Waals surface area contributed by atoms with E-state index in [2.05, 4.69) is 34.8 Å². The minimum absolute atomic E-state index is 0.0764. The number of aromatic amines is 1. The predicted molar refractivity (Wildman–Crippen MR) is 106 cm³/mol. The Kier molecular flexibility index (Phi) is 4.45. The van der Waals surface area contributed by atoms with E-state index in [-0.39, 0.29) is 11.5 Å². The molecule has 0 aliphatic carbocycles. The van der Waals surface area contributed by atoms with Gasteiger partial charge in [0.05, 0.1) is 11.4 Å². The molecule has 1 fully saturated rings. The van der Waals surface area contributed by atoms with Gasteiger partial charge in [0.15, 0.2) is 5.65 Å². The van der Waals surface area contributed by atoms with Crippen molar-refractivity contribution in [2.24, 2.45) is 0 Å². The van der Waals surface area contributed by atoms with Crippen LogP contribution in [0.25, 0.3) is 5.65 Å². The number of hydrogen-bond donors (Lipinski definition) is 1. The van der Waals surface area contributed by atoms with Gasteiger partial charge in [-0.05, 0) is 40.0 Å². The highest BCUT2D eigenvalue weighted by atomic mass is 16.1. The second kappa shape index (κ2) is 6.79. The smallest absolute Gasteiger partial charge is 0.251 e. The molecule has 3 aromatic rings. The number of nitrogens with zero attached hydrogens (tertiary/aromatic N) is 5. The molecule has 3 aromatic heterocycles. The lowest BCUT2D eigenvalue weighted by molar-refractivity contribution is 0.493. The van der Waals surface area contributed by atoms with E-state index in [1.807, 2.05) is 18.4 Å². The van der Waals surface area contributed by atoms with Gasteiger partial charge in [-0.15, -0.1) is 0 Å². The molecular weight excluding hydrogens is 340 g/mol. The van der Waals surface area contributed by atoms with E-state index in [1.54, 1.807) is 6.07 Å². The van der Waals surface area contributed by atoms with E-state index < -0.39 is 0 Å². The lowest BCUT2D eigenvalue weighted by Crippen LogP contribution is -2.36. The van der Waals surface area contributed by atoms with Crippen LogP contribution in [0.2, 0.25) is 0 Å². The Bertz CT molecular complexity index is 1050. The van der Waals surface area contributed by atoms with Crippen LogP contribution in [0, 0.1) is 20.8 Å². The zero-order valence-electron chi connectivity index (χ0n) is 16.4. The molecule has 1 N–H and O–H groups in total. The minimum Gasteiger partial charge on any atom is -0.356 e. The first-order valence-corrected chi connectivity index (χ1v) is 9.65. The van der Waals surface area contributed by atoms with Crippen molar-refractivity contribution in [3.8, 4) is 0 Å². The van der Waals surface area contributed by atoms with E-state index in [9.17, 15) is 4.79 Å². The van der Waals surface area contributed by atoms with Gasteiger partial charge >= 0.3 is 0 Å². The van der Waals surface area contributed by atoms with Crippen LogP contribution in [0.3, 0.4) is 0 Å². The average Bonchev–Trinajstić information content (AvgIpc) is 2.94. The fraction of sp³-hybridized carbons (Fsp3) is 0.500. The van der Waals surface area contributed by atoms with E-state index in [1.165, 1.54) is 0 Å². The standard InChI is InChI=1S/C20H26N6O/c1-5-16-9-19(26-20(23-16)12(2)13(3)24-26)25-8-6-7-15(11-25)17-10-18(27)22-14(4)21-17/h9-10,15H,5-8,11H2,1-4H3,(H,21,22,27). The van der Waals surface area contributed by atoms with Crippen LogP contribution in [0.15, 0.2) is 16.9 Å². The largest absolute Gasteiger partial charge is 0.356 e. The lowest BCUT2D eigenvalue weighted by Gasteiger charge is -2.34. The first-order chi connectivity index (χ1) is 13.0. The molecule has 1 aliphatic heterocycles. The Balaban J connectivity index is 1.75. The maximum Gasteiger partial charge on any atom is 0.251 e. The second-order valence-corrected chi connectivity index (χ2v) is 7.45. The van der Waals surface area contributed by atoms with E-state index in [0.29, 0.717) is 5.82 Å². The Morgan fingerprint density at radius 3 is 2.78 bits per heavy atom. The molecule has 0 bridgehead atoms. The Morgan fingerprint density at radius 2 is 2.04 bits per heavy atom. The third-order valence-electron chi connectivity index (χ3n) is 5.50. The van der Waals surface area contributed by atoms with Crippen molar-refractivity contribution in [3.05, 3.63) is 51.0 Å². The summed E-state index contributed by atoms with van der Waals surface area (Å²) >= 11 is 0. The zero-order chi connectivity index (χ0) is 19.1. The summed E-state index contributed by atoms with van der Waals surface area (Å²) < 4.78 is 1.97. The van der Waals surface area contributed by atoms with Gasteiger partial charge in [0.2, 0.25) is 0 Å². The van der Waals surface area contributed by atoms with Crippen molar-refractivity contribution < 1.29 is 0 Å². The van der Waals surface area contributed by atoms with Crippen LogP contribution in [0.4, 0.5) is 5.82 Å². The third-order valence-corrected chi connectivity index (χ3v) is 5.50. The summed E-state index contributed by atoms with van der Waals surface area (Å²) in [5.41, 5.74) is 4.97. The fourth-order valence-corrected chi connectivity index (χ4v) is 3.91. The molecule has 1 unspecified atom stereocenters. The van der Waals surface area contributed by atoms with Crippen molar-refractivity contribution in [2.75, 3.05) is 18.0 Å². The van der Waals surface area contributed by atoms with Crippen LogP contribution in [0.5, 0.6) is 0 Å². The van der Waals surface area contributed by atoms with Crippen LogP contribution in [-0.4, -0.2) is 37.7 Å². The molecule has 142 valence electrons. The summed E-state index contributed by atoms with van der Waals surface area (Å²) in [7, 11) is 0. The van der Waals surface area contributed by atoms with Gasteiger partial charge in [-0.2, -0.15) is 9.61 Å². The minimum atomic E-state index is -0.0764. The maximum absolute atomic E-state index is 11.9. The number of hydrogen-bond acceptors (Lipinski definition) is 5. The number of H-pyrrole nitrogens is 1. The van der Waals surface area contributed by atoms with Crippen molar-refractivity contribution in [1.29, 1.82) is 0 Å². The summed E-state index contributed by atoms with van der Waals surface area (Å²) in [4.78, 5) is 26.3. The van der Waals surface area contributed by atoms with Crippen molar-refractivity contribution in [1.82, 2.24) is 24.6 Å². The molecule has 0 aromatic carbocycles. The topological polar surface area (TPSA) is 79.2 Å². The summed E-state index contributed by atoms with van der Waals surface area (Å²) in [6, 6.07) is 3.79.